The van der Waals surface area contributed by atoms with Crippen molar-refractivity contribution < 1.29 is 4.42 Å². The predicted molar refractivity (Wildman–Crippen MR) is 72.3 cm³/mol. The lowest BCUT2D eigenvalue weighted by molar-refractivity contribution is 0.616. The van der Waals surface area contributed by atoms with Crippen LogP contribution in [0.15, 0.2) is 47.2 Å². The van der Waals surface area contributed by atoms with Gasteiger partial charge in [-0.3, -0.25) is 0 Å². The van der Waals surface area contributed by atoms with E-state index >= 15 is 0 Å². The Balaban J connectivity index is 1.88. The van der Waals surface area contributed by atoms with Crippen molar-refractivity contribution in [3.63, 3.8) is 0 Å². The molecule has 4 heteroatoms. The number of rotatable bonds is 2. The summed E-state index contributed by atoms with van der Waals surface area (Å²) >= 11 is 0. The minimum Gasteiger partial charge on any atom is -0.464 e. The van der Waals surface area contributed by atoms with Crippen molar-refractivity contribution in [2.45, 2.75) is 18.4 Å². The van der Waals surface area contributed by atoms with Crippen molar-refractivity contribution in [2.24, 2.45) is 5.73 Å². The van der Waals surface area contributed by atoms with Crippen LogP contribution < -0.4 is 5.73 Å². The van der Waals surface area contributed by atoms with E-state index in [0.717, 1.165) is 40.9 Å². The molecule has 0 unspecified atom stereocenters. The molecule has 1 aliphatic rings. The molecule has 0 saturated heterocycles. The SMILES string of the molecule is NC1(c2nccc(-c3coc4ccccc34)n2)CC1. The summed E-state index contributed by atoms with van der Waals surface area (Å²) in [5.41, 5.74) is 8.57. The van der Waals surface area contributed by atoms with Crippen LogP contribution in [0, 0.1) is 0 Å². The molecule has 1 aliphatic carbocycles. The van der Waals surface area contributed by atoms with E-state index in [4.69, 9.17) is 10.2 Å². The van der Waals surface area contributed by atoms with Crippen LogP contribution in [0.25, 0.3) is 22.2 Å². The highest BCUT2D eigenvalue weighted by Crippen LogP contribution is 2.41. The van der Waals surface area contributed by atoms with Crippen molar-refractivity contribution in [3.8, 4) is 11.3 Å². The summed E-state index contributed by atoms with van der Waals surface area (Å²) in [4.78, 5) is 8.90. The number of nitrogens with zero attached hydrogens (tertiary/aromatic N) is 2. The molecule has 3 aromatic rings. The Labute approximate surface area is 110 Å². The molecular formula is C15H13N3O. The zero-order chi connectivity index (χ0) is 12.9. The van der Waals surface area contributed by atoms with Crippen LogP contribution in [0.4, 0.5) is 0 Å². The molecule has 2 heterocycles. The van der Waals surface area contributed by atoms with Crippen LogP contribution in [0.5, 0.6) is 0 Å². The second kappa shape index (κ2) is 3.65. The molecule has 1 saturated carbocycles. The number of aromatic nitrogens is 2. The van der Waals surface area contributed by atoms with E-state index in [1.54, 1.807) is 12.5 Å². The van der Waals surface area contributed by atoms with Crippen molar-refractivity contribution >= 4 is 11.0 Å². The number of nitrogens with two attached hydrogens (primary N) is 1. The third-order valence-electron chi connectivity index (χ3n) is 3.65. The van der Waals surface area contributed by atoms with Crippen LogP contribution >= 0.6 is 0 Å². The quantitative estimate of drug-likeness (QED) is 0.760. The first-order valence-electron chi connectivity index (χ1n) is 6.35. The summed E-state index contributed by atoms with van der Waals surface area (Å²) < 4.78 is 5.55. The fourth-order valence-corrected chi connectivity index (χ4v) is 2.28. The summed E-state index contributed by atoms with van der Waals surface area (Å²) in [5, 5.41) is 1.06. The number of para-hydroxylation sites is 1. The summed E-state index contributed by atoms with van der Waals surface area (Å²) in [6.07, 6.45) is 5.43. The van der Waals surface area contributed by atoms with Crippen LogP contribution in [0.1, 0.15) is 18.7 Å². The smallest absolute Gasteiger partial charge is 0.148 e. The van der Waals surface area contributed by atoms with E-state index in [1.165, 1.54) is 0 Å². The third kappa shape index (κ3) is 1.64. The van der Waals surface area contributed by atoms with Gasteiger partial charge in [0.25, 0.3) is 0 Å². The first-order chi connectivity index (χ1) is 9.26. The fourth-order valence-electron chi connectivity index (χ4n) is 2.28. The average molecular weight is 251 g/mol. The summed E-state index contributed by atoms with van der Waals surface area (Å²) in [5.74, 6) is 0.732. The third-order valence-corrected chi connectivity index (χ3v) is 3.65. The van der Waals surface area contributed by atoms with Crippen LogP contribution in [0.3, 0.4) is 0 Å². The number of furan rings is 1. The maximum atomic E-state index is 6.15. The molecule has 0 bridgehead atoms. The van der Waals surface area contributed by atoms with Gasteiger partial charge in [0.1, 0.15) is 17.7 Å². The molecule has 19 heavy (non-hydrogen) atoms. The first-order valence-corrected chi connectivity index (χ1v) is 6.35. The molecule has 1 aromatic carbocycles. The Morgan fingerprint density at radius 2 is 2.00 bits per heavy atom. The van der Waals surface area contributed by atoms with Crippen LogP contribution in [-0.2, 0) is 5.54 Å². The molecule has 0 radical (unpaired) electrons. The molecule has 4 rings (SSSR count). The summed E-state index contributed by atoms with van der Waals surface area (Å²) in [7, 11) is 0. The van der Waals surface area contributed by atoms with Gasteiger partial charge in [0.2, 0.25) is 0 Å². The highest BCUT2D eigenvalue weighted by Gasteiger charge is 2.43. The van der Waals surface area contributed by atoms with Crippen molar-refractivity contribution in [2.75, 3.05) is 0 Å². The maximum absolute atomic E-state index is 6.15. The van der Waals surface area contributed by atoms with Crippen LogP contribution in [0.2, 0.25) is 0 Å². The van der Waals surface area contributed by atoms with Gasteiger partial charge in [0, 0.05) is 17.1 Å². The number of fused-ring (bicyclic) bond motifs is 1. The minimum atomic E-state index is -0.310. The minimum absolute atomic E-state index is 0.310. The largest absolute Gasteiger partial charge is 0.464 e. The van der Waals surface area contributed by atoms with Crippen LogP contribution in [-0.4, -0.2) is 9.97 Å². The van der Waals surface area contributed by atoms with E-state index in [1.807, 2.05) is 30.3 Å². The lowest BCUT2D eigenvalue weighted by atomic mass is 10.1. The van der Waals surface area contributed by atoms with E-state index in [2.05, 4.69) is 9.97 Å². The van der Waals surface area contributed by atoms with E-state index in [0.29, 0.717) is 0 Å². The van der Waals surface area contributed by atoms with Gasteiger partial charge in [-0.15, -0.1) is 0 Å². The van der Waals surface area contributed by atoms with E-state index in [-0.39, 0.29) is 5.54 Å². The van der Waals surface area contributed by atoms with Crippen molar-refractivity contribution in [1.29, 1.82) is 0 Å². The lowest BCUT2D eigenvalue weighted by Crippen LogP contribution is -2.22. The molecule has 2 aromatic heterocycles. The van der Waals surface area contributed by atoms with Gasteiger partial charge in [-0.25, -0.2) is 9.97 Å². The van der Waals surface area contributed by atoms with Gasteiger partial charge in [0.15, 0.2) is 0 Å². The monoisotopic (exact) mass is 251 g/mol. The topological polar surface area (TPSA) is 64.9 Å². The molecule has 0 atom stereocenters. The standard InChI is InChI=1S/C15H13N3O/c16-15(6-7-15)14-17-8-5-12(18-14)11-9-19-13-4-2-1-3-10(11)13/h1-5,8-9H,6-7,16H2. The predicted octanol–water partition coefficient (Wildman–Crippen LogP) is 2.84. The molecule has 0 aliphatic heterocycles. The zero-order valence-electron chi connectivity index (χ0n) is 10.3. The van der Waals surface area contributed by atoms with Gasteiger partial charge >= 0.3 is 0 Å². The number of hydrogen-bond donors (Lipinski definition) is 1. The highest BCUT2D eigenvalue weighted by molar-refractivity contribution is 5.92. The number of benzene rings is 1. The van der Waals surface area contributed by atoms with E-state index in [9.17, 15) is 0 Å². The van der Waals surface area contributed by atoms with Gasteiger partial charge in [-0.1, -0.05) is 18.2 Å². The van der Waals surface area contributed by atoms with Crippen molar-refractivity contribution in [1.82, 2.24) is 9.97 Å². The zero-order valence-corrected chi connectivity index (χ0v) is 10.3. The van der Waals surface area contributed by atoms with Gasteiger partial charge < -0.3 is 10.2 Å². The lowest BCUT2D eigenvalue weighted by Gasteiger charge is -2.07. The Morgan fingerprint density at radius 1 is 1.16 bits per heavy atom. The van der Waals surface area contributed by atoms with Crippen molar-refractivity contribution in [3.05, 3.63) is 48.6 Å². The molecule has 0 spiro atoms. The molecule has 0 amide bonds. The second-order valence-corrected chi connectivity index (χ2v) is 5.07. The fraction of sp³-hybridized carbons (Fsp3) is 0.200. The average Bonchev–Trinajstić information content (AvgIpc) is 3.06. The molecular weight excluding hydrogens is 238 g/mol. The molecule has 1 fully saturated rings. The Kier molecular flexibility index (Phi) is 2.05. The van der Waals surface area contributed by atoms with Gasteiger partial charge in [-0.2, -0.15) is 0 Å². The molecule has 94 valence electrons. The van der Waals surface area contributed by atoms with Gasteiger partial charge in [0.05, 0.1) is 11.2 Å². The molecule has 2 N–H and O–H groups in total. The second-order valence-electron chi connectivity index (χ2n) is 5.07. The summed E-state index contributed by atoms with van der Waals surface area (Å²) in [6.45, 7) is 0. The first kappa shape index (κ1) is 10.7. The highest BCUT2D eigenvalue weighted by atomic mass is 16.3. The number of hydrogen-bond acceptors (Lipinski definition) is 4. The van der Waals surface area contributed by atoms with E-state index < -0.39 is 0 Å². The Bertz CT molecular complexity index is 759. The van der Waals surface area contributed by atoms with Gasteiger partial charge in [-0.05, 0) is 25.0 Å². The Morgan fingerprint density at radius 3 is 2.84 bits per heavy atom. The Hall–Kier alpha value is -2.20. The molecule has 4 nitrogen and oxygen atoms in total. The normalized spacial score (nSPS) is 16.7. The summed E-state index contributed by atoms with van der Waals surface area (Å²) in [6, 6.07) is 9.83. The maximum Gasteiger partial charge on any atom is 0.148 e.